The summed E-state index contributed by atoms with van der Waals surface area (Å²) in [5.74, 6) is 2.12. The molecule has 8 nitrogen and oxygen atoms in total. The summed E-state index contributed by atoms with van der Waals surface area (Å²) in [4.78, 5) is 19.4. The molecule has 0 bridgehead atoms. The minimum atomic E-state index is -0.501. The summed E-state index contributed by atoms with van der Waals surface area (Å²) in [7, 11) is 0. The number of ether oxygens (including phenoxy) is 1. The lowest BCUT2D eigenvalue weighted by atomic mass is 9.94. The van der Waals surface area contributed by atoms with Crippen LogP contribution in [0.3, 0.4) is 0 Å². The van der Waals surface area contributed by atoms with Gasteiger partial charge in [-0.05, 0) is 55.8 Å². The van der Waals surface area contributed by atoms with Crippen molar-refractivity contribution >= 4 is 23.2 Å². The van der Waals surface area contributed by atoms with Crippen LogP contribution in [0.2, 0.25) is 5.02 Å². The van der Waals surface area contributed by atoms with Gasteiger partial charge in [0.15, 0.2) is 0 Å². The van der Waals surface area contributed by atoms with Gasteiger partial charge in [-0.25, -0.2) is 4.79 Å². The van der Waals surface area contributed by atoms with Crippen molar-refractivity contribution < 1.29 is 18.5 Å². The average molecular weight is 491 g/mol. The number of hydrogen-bond acceptors (Lipinski definition) is 6. The Morgan fingerprint density at radius 2 is 1.97 bits per heavy atom. The van der Waals surface area contributed by atoms with E-state index >= 15 is 0 Å². The smallest absolute Gasteiger partial charge is 0.322 e. The quantitative estimate of drug-likeness (QED) is 0.337. The minimum absolute atomic E-state index is 0.254. The van der Waals surface area contributed by atoms with E-state index in [1.54, 1.807) is 29.4 Å². The Bertz CT molecular complexity index is 1360. The third-order valence-corrected chi connectivity index (χ3v) is 5.99. The molecule has 9 heteroatoms. The van der Waals surface area contributed by atoms with Crippen molar-refractivity contribution in [2.24, 2.45) is 0 Å². The summed E-state index contributed by atoms with van der Waals surface area (Å²) in [6.07, 6.45) is 1.58. The first-order valence-electron chi connectivity index (χ1n) is 11.2. The Balaban J connectivity index is 1.58. The molecule has 5 rings (SSSR count). The molecule has 1 aliphatic heterocycles. The third kappa shape index (κ3) is 4.65. The van der Waals surface area contributed by atoms with E-state index in [9.17, 15) is 4.79 Å². The van der Waals surface area contributed by atoms with E-state index in [1.165, 1.54) is 0 Å². The van der Waals surface area contributed by atoms with Gasteiger partial charge in [0.05, 0.1) is 31.0 Å². The van der Waals surface area contributed by atoms with Crippen LogP contribution in [0.15, 0.2) is 81.6 Å². The van der Waals surface area contributed by atoms with Gasteiger partial charge in [-0.2, -0.15) is 4.98 Å². The highest BCUT2D eigenvalue weighted by Gasteiger charge is 2.36. The lowest BCUT2D eigenvalue weighted by Crippen LogP contribution is -2.45. The molecule has 3 heterocycles. The molecular formula is C26H23ClN4O4. The van der Waals surface area contributed by atoms with E-state index < -0.39 is 6.04 Å². The van der Waals surface area contributed by atoms with Crippen molar-refractivity contribution in [3.8, 4) is 17.1 Å². The molecule has 2 amide bonds. The van der Waals surface area contributed by atoms with Crippen molar-refractivity contribution in [1.82, 2.24) is 20.4 Å². The molecule has 4 aromatic rings. The number of aromatic nitrogens is 2. The first-order chi connectivity index (χ1) is 17.0. The van der Waals surface area contributed by atoms with Crippen LogP contribution in [0.25, 0.3) is 17.0 Å². The molecule has 1 aliphatic rings. The fraction of sp³-hybridized carbons (Fsp3) is 0.192. The van der Waals surface area contributed by atoms with E-state index in [1.807, 2.05) is 56.3 Å². The molecule has 0 spiro atoms. The molecule has 0 radical (unpaired) electrons. The first kappa shape index (κ1) is 22.7. The standard InChI is InChI=1S/C26H23ClN4O4/c1-3-33-20-11-9-17(10-12-20)23-22(16(2)31(26(32)28-23)15-21-8-5-13-34-21)25-29-24(30-35-25)18-6-4-7-19(27)14-18/h4-14,23H,3,15H2,1-2H3,(H,28,32). The molecule has 0 saturated carbocycles. The number of nitrogens with one attached hydrogen (secondary N) is 1. The predicted octanol–water partition coefficient (Wildman–Crippen LogP) is 6.08. The maximum atomic E-state index is 13.2. The molecule has 1 N–H and O–H groups in total. The number of furan rings is 1. The van der Waals surface area contributed by atoms with Crippen molar-refractivity contribution in [1.29, 1.82) is 0 Å². The zero-order chi connectivity index (χ0) is 24.4. The summed E-state index contributed by atoms with van der Waals surface area (Å²) in [6, 6.07) is 17.7. The van der Waals surface area contributed by atoms with Crippen LogP contribution in [-0.4, -0.2) is 27.7 Å². The number of urea groups is 1. The molecule has 0 saturated heterocycles. The van der Waals surface area contributed by atoms with Gasteiger partial charge in [-0.15, -0.1) is 0 Å². The third-order valence-electron chi connectivity index (χ3n) is 5.75. The second kappa shape index (κ2) is 9.68. The lowest BCUT2D eigenvalue weighted by molar-refractivity contribution is 0.199. The van der Waals surface area contributed by atoms with Crippen molar-refractivity contribution in [2.45, 2.75) is 26.4 Å². The van der Waals surface area contributed by atoms with E-state index in [-0.39, 0.29) is 12.6 Å². The number of carbonyl (C=O) groups excluding carboxylic acids is 1. The second-order valence-corrected chi connectivity index (χ2v) is 8.42. The van der Waals surface area contributed by atoms with Crippen molar-refractivity contribution in [3.63, 3.8) is 0 Å². The number of halogens is 1. The predicted molar refractivity (Wildman–Crippen MR) is 130 cm³/mol. The van der Waals surface area contributed by atoms with E-state index in [2.05, 4.69) is 15.5 Å². The molecule has 2 aromatic carbocycles. The van der Waals surface area contributed by atoms with Gasteiger partial charge in [-0.3, -0.25) is 4.90 Å². The largest absolute Gasteiger partial charge is 0.494 e. The van der Waals surface area contributed by atoms with Gasteiger partial charge in [0.2, 0.25) is 5.82 Å². The van der Waals surface area contributed by atoms with Gasteiger partial charge in [0.25, 0.3) is 5.89 Å². The molecule has 1 atom stereocenters. The Hall–Kier alpha value is -4.04. The number of amides is 2. The summed E-state index contributed by atoms with van der Waals surface area (Å²) in [6.45, 7) is 4.63. The summed E-state index contributed by atoms with van der Waals surface area (Å²) in [5, 5.41) is 7.83. The zero-order valence-electron chi connectivity index (χ0n) is 19.2. The van der Waals surface area contributed by atoms with Gasteiger partial charge in [-0.1, -0.05) is 41.0 Å². The molecule has 35 heavy (non-hydrogen) atoms. The molecular weight excluding hydrogens is 468 g/mol. The summed E-state index contributed by atoms with van der Waals surface area (Å²) < 4.78 is 16.8. The maximum absolute atomic E-state index is 13.2. The molecule has 0 fully saturated rings. The number of benzene rings is 2. The Labute approximate surface area is 207 Å². The number of hydrogen-bond donors (Lipinski definition) is 1. The highest BCUT2D eigenvalue weighted by Crippen LogP contribution is 2.38. The van der Waals surface area contributed by atoms with Crippen LogP contribution in [0.1, 0.15) is 37.1 Å². The minimum Gasteiger partial charge on any atom is -0.494 e. The van der Waals surface area contributed by atoms with E-state index in [0.717, 1.165) is 16.9 Å². The molecule has 178 valence electrons. The number of allylic oxidation sites excluding steroid dienone is 1. The SMILES string of the molecule is CCOc1ccc(C2NC(=O)N(Cc3ccco3)C(C)=C2c2nc(-c3cccc(Cl)c3)no2)cc1. The number of nitrogens with zero attached hydrogens (tertiary/aromatic N) is 3. The van der Waals surface area contributed by atoms with Gasteiger partial charge >= 0.3 is 6.03 Å². The van der Waals surface area contributed by atoms with Crippen molar-refractivity contribution in [2.75, 3.05) is 6.61 Å². The Morgan fingerprint density at radius 3 is 2.69 bits per heavy atom. The van der Waals surface area contributed by atoms with Gasteiger partial charge in [0, 0.05) is 16.3 Å². The molecule has 2 aromatic heterocycles. The summed E-state index contributed by atoms with van der Waals surface area (Å²) >= 11 is 6.15. The number of carbonyl (C=O) groups is 1. The van der Waals surface area contributed by atoms with E-state index in [4.69, 9.17) is 25.3 Å². The Kier molecular flexibility index (Phi) is 6.29. The van der Waals surface area contributed by atoms with Gasteiger partial charge in [0.1, 0.15) is 11.5 Å². The van der Waals surface area contributed by atoms with E-state index in [0.29, 0.717) is 40.4 Å². The molecule has 1 unspecified atom stereocenters. The van der Waals surface area contributed by atoms with Crippen LogP contribution in [0.5, 0.6) is 5.75 Å². The highest BCUT2D eigenvalue weighted by atomic mass is 35.5. The van der Waals surface area contributed by atoms with Crippen molar-refractivity contribution in [3.05, 3.63) is 94.9 Å². The summed E-state index contributed by atoms with van der Waals surface area (Å²) in [5.41, 5.74) is 2.97. The average Bonchev–Trinajstić information content (AvgIpc) is 3.55. The topological polar surface area (TPSA) is 93.6 Å². The number of rotatable bonds is 7. The monoisotopic (exact) mass is 490 g/mol. The van der Waals surface area contributed by atoms with Crippen LogP contribution in [0.4, 0.5) is 4.79 Å². The van der Waals surface area contributed by atoms with Crippen LogP contribution >= 0.6 is 11.6 Å². The zero-order valence-corrected chi connectivity index (χ0v) is 20.0. The maximum Gasteiger partial charge on any atom is 0.322 e. The first-order valence-corrected chi connectivity index (χ1v) is 11.5. The second-order valence-electron chi connectivity index (χ2n) is 7.98. The normalized spacial score (nSPS) is 15.9. The highest BCUT2D eigenvalue weighted by molar-refractivity contribution is 6.30. The van der Waals surface area contributed by atoms with Gasteiger partial charge < -0.3 is 19.0 Å². The lowest BCUT2D eigenvalue weighted by Gasteiger charge is -2.34. The Morgan fingerprint density at radius 1 is 1.14 bits per heavy atom. The fourth-order valence-corrected chi connectivity index (χ4v) is 4.25. The molecule has 0 aliphatic carbocycles. The fourth-order valence-electron chi connectivity index (χ4n) is 4.06. The van der Waals surface area contributed by atoms with Crippen LogP contribution in [0, 0.1) is 0 Å². The van der Waals surface area contributed by atoms with Crippen LogP contribution < -0.4 is 10.1 Å². The van der Waals surface area contributed by atoms with Crippen LogP contribution in [-0.2, 0) is 6.54 Å².